The second-order valence-corrected chi connectivity index (χ2v) is 4.88. The van der Waals surface area contributed by atoms with Gasteiger partial charge in [0.05, 0.1) is 5.54 Å². The summed E-state index contributed by atoms with van der Waals surface area (Å²) in [6.07, 6.45) is 7.22. The van der Waals surface area contributed by atoms with Crippen LogP contribution in [0.5, 0.6) is 0 Å². The third kappa shape index (κ3) is 4.34. The number of pyridine rings is 1. The maximum absolute atomic E-state index is 12.3. The molecule has 0 unspecified atom stereocenters. The predicted octanol–water partition coefficient (Wildman–Crippen LogP) is 2.16. The summed E-state index contributed by atoms with van der Waals surface area (Å²) in [6, 6.07) is 3.84. The van der Waals surface area contributed by atoms with E-state index in [2.05, 4.69) is 4.98 Å². The van der Waals surface area contributed by atoms with Gasteiger partial charge in [0.1, 0.15) is 0 Å². The summed E-state index contributed by atoms with van der Waals surface area (Å²) < 4.78 is 0. The van der Waals surface area contributed by atoms with Crippen molar-refractivity contribution in [2.75, 3.05) is 7.05 Å². The molecular formula is C13H21Cl2N3O. The van der Waals surface area contributed by atoms with Crippen molar-refractivity contribution in [3.05, 3.63) is 30.1 Å². The fraction of sp³-hybridized carbons (Fsp3) is 0.538. The molecule has 0 atom stereocenters. The van der Waals surface area contributed by atoms with Crippen molar-refractivity contribution >= 4 is 30.7 Å². The fourth-order valence-corrected chi connectivity index (χ4v) is 2.43. The molecule has 0 aliphatic heterocycles. The molecule has 1 aromatic rings. The average Bonchev–Trinajstić information content (AvgIpc) is 2.78. The lowest BCUT2D eigenvalue weighted by Gasteiger charge is -2.28. The number of nitrogens with zero attached hydrogens (tertiary/aromatic N) is 2. The van der Waals surface area contributed by atoms with Crippen LogP contribution in [0, 0.1) is 0 Å². The summed E-state index contributed by atoms with van der Waals surface area (Å²) in [7, 11) is 1.82. The number of carbonyl (C=O) groups is 1. The zero-order valence-corrected chi connectivity index (χ0v) is 12.7. The first-order chi connectivity index (χ1) is 8.12. The highest BCUT2D eigenvalue weighted by Gasteiger charge is 2.38. The van der Waals surface area contributed by atoms with Crippen LogP contribution in [0.1, 0.15) is 31.2 Å². The summed E-state index contributed by atoms with van der Waals surface area (Å²) in [5.41, 5.74) is 6.61. The highest BCUT2D eigenvalue weighted by molar-refractivity contribution is 5.86. The van der Waals surface area contributed by atoms with E-state index in [4.69, 9.17) is 5.73 Å². The number of hydrogen-bond donors (Lipinski definition) is 1. The third-order valence-electron chi connectivity index (χ3n) is 3.44. The Labute approximate surface area is 126 Å². The van der Waals surface area contributed by atoms with Gasteiger partial charge in [-0.3, -0.25) is 9.78 Å². The monoisotopic (exact) mass is 305 g/mol. The van der Waals surface area contributed by atoms with Crippen molar-refractivity contribution in [1.82, 2.24) is 9.88 Å². The van der Waals surface area contributed by atoms with Crippen LogP contribution < -0.4 is 5.73 Å². The first-order valence-electron chi connectivity index (χ1n) is 6.05. The van der Waals surface area contributed by atoms with E-state index in [0.717, 1.165) is 31.2 Å². The Morgan fingerprint density at radius 1 is 1.32 bits per heavy atom. The molecule has 0 bridgehead atoms. The second kappa shape index (κ2) is 7.68. The lowest BCUT2D eigenvalue weighted by atomic mass is 9.97. The van der Waals surface area contributed by atoms with E-state index in [1.54, 1.807) is 17.3 Å². The van der Waals surface area contributed by atoms with Gasteiger partial charge in [0.2, 0.25) is 5.91 Å². The Morgan fingerprint density at radius 3 is 2.37 bits per heavy atom. The minimum Gasteiger partial charge on any atom is -0.340 e. The van der Waals surface area contributed by atoms with Crippen LogP contribution in [0.25, 0.3) is 0 Å². The van der Waals surface area contributed by atoms with Crippen LogP contribution in [0.3, 0.4) is 0 Å². The summed E-state index contributed by atoms with van der Waals surface area (Å²) in [6.45, 7) is 0.598. The molecule has 1 aliphatic carbocycles. The third-order valence-corrected chi connectivity index (χ3v) is 3.44. The molecular weight excluding hydrogens is 285 g/mol. The molecule has 1 aromatic heterocycles. The number of halogens is 2. The Balaban J connectivity index is 0.00000162. The van der Waals surface area contributed by atoms with Gasteiger partial charge in [-0.05, 0) is 30.5 Å². The van der Waals surface area contributed by atoms with Gasteiger partial charge in [-0.15, -0.1) is 24.8 Å². The molecule has 0 saturated heterocycles. The lowest BCUT2D eigenvalue weighted by Crippen LogP contribution is -2.52. The van der Waals surface area contributed by atoms with Crippen LogP contribution in [0.4, 0.5) is 0 Å². The topological polar surface area (TPSA) is 59.2 Å². The average molecular weight is 306 g/mol. The minimum atomic E-state index is -0.623. The van der Waals surface area contributed by atoms with E-state index in [0.29, 0.717) is 6.54 Å². The molecule has 1 saturated carbocycles. The number of amides is 1. The summed E-state index contributed by atoms with van der Waals surface area (Å²) in [5, 5.41) is 0. The normalized spacial score (nSPS) is 16.1. The Bertz CT molecular complexity index is 394. The molecule has 2 rings (SSSR count). The SMILES string of the molecule is CN(Cc1ccncc1)C(=O)C1(N)CCCC1.Cl.Cl. The predicted molar refractivity (Wildman–Crippen MR) is 80.6 cm³/mol. The van der Waals surface area contributed by atoms with Gasteiger partial charge in [-0.25, -0.2) is 0 Å². The molecule has 19 heavy (non-hydrogen) atoms. The molecule has 4 nitrogen and oxygen atoms in total. The van der Waals surface area contributed by atoms with Gasteiger partial charge in [-0.1, -0.05) is 12.8 Å². The fourth-order valence-electron chi connectivity index (χ4n) is 2.43. The van der Waals surface area contributed by atoms with E-state index in [9.17, 15) is 4.79 Å². The molecule has 6 heteroatoms. The number of likely N-dealkylation sites (N-methyl/N-ethyl adjacent to an activating group) is 1. The molecule has 0 aromatic carbocycles. The van der Waals surface area contributed by atoms with E-state index >= 15 is 0 Å². The molecule has 2 N–H and O–H groups in total. The maximum atomic E-state index is 12.3. The van der Waals surface area contributed by atoms with Gasteiger partial charge >= 0.3 is 0 Å². The van der Waals surface area contributed by atoms with Gasteiger partial charge < -0.3 is 10.6 Å². The largest absolute Gasteiger partial charge is 0.340 e. The standard InChI is InChI=1S/C13H19N3O.2ClH/c1-16(10-11-4-8-15-9-5-11)12(17)13(14)6-2-3-7-13;;/h4-5,8-9H,2-3,6-7,10,14H2,1H3;2*1H. The number of aromatic nitrogens is 1. The molecule has 1 fully saturated rings. The molecule has 1 amide bonds. The van der Waals surface area contributed by atoms with Crippen LogP contribution >= 0.6 is 24.8 Å². The Kier molecular flexibility index (Phi) is 7.34. The molecule has 108 valence electrons. The van der Waals surface area contributed by atoms with Gasteiger partial charge in [0.15, 0.2) is 0 Å². The zero-order chi connectivity index (χ0) is 12.3. The Hall–Kier alpha value is -0.840. The van der Waals surface area contributed by atoms with Crippen LogP contribution in [-0.2, 0) is 11.3 Å². The maximum Gasteiger partial charge on any atom is 0.242 e. The zero-order valence-electron chi connectivity index (χ0n) is 11.0. The van der Waals surface area contributed by atoms with Gasteiger partial charge in [0, 0.05) is 26.0 Å². The Morgan fingerprint density at radius 2 is 1.84 bits per heavy atom. The van der Waals surface area contributed by atoms with Crippen LogP contribution in [-0.4, -0.2) is 28.4 Å². The number of rotatable bonds is 3. The number of nitrogens with two attached hydrogens (primary N) is 1. The van der Waals surface area contributed by atoms with Crippen molar-refractivity contribution in [2.24, 2.45) is 5.73 Å². The van der Waals surface area contributed by atoms with E-state index < -0.39 is 5.54 Å². The molecule has 1 aliphatic rings. The number of carbonyl (C=O) groups excluding carboxylic acids is 1. The van der Waals surface area contributed by atoms with Crippen LogP contribution in [0.15, 0.2) is 24.5 Å². The second-order valence-electron chi connectivity index (χ2n) is 4.88. The molecule has 0 radical (unpaired) electrons. The van der Waals surface area contributed by atoms with Gasteiger partial charge in [-0.2, -0.15) is 0 Å². The minimum absolute atomic E-state index is 0. The van der Waals surface area contributed by atoms with E-state index in [1.165, 1.54) is 0 Å². The van der Waals surface area contributed by atoms with Crippen molar-refractivity contribution in [1.29, 1.82) is 0 Å². The van der Waals surface area contributed by atoms with E-state index in [-0.39, 0.29) is 30.7 Å². The number of hydrogen-bond acceptors (Lipinski definition) is 3. The first-order valence-corrected chi connectivity index (χ1v) is 6.05. The quantitative estimate of drug-likeness (QED) is 0.931. The van der Waals surface area contributed by atoms with Gasteiger partial charge in [0.25, 0.3) is 0 Å². The van der Waals surface area contributed by atoms with Crippen molar-refractivity contribution < 1.29 is 4.79 Å². The highest BCUT2D eigenvalue weighted by atomic mass is 35.5. The lowest BCUT2D eigenvalue weighted by molar-refractivity contribution is -0.136. The summed E-state index contributed by atoms with van der Waals surface area (Å²) in [4.78, 5) is 17.9. The first kappa shape index (κ1) is 18.2. The van der Waals surface area contributed by atoms with Crippen molar-refractivity contribution in [3.63, 3.8) is 0 Å². The van der Waals surface area contributed by atoms with Crippen LogP contribution in [0.2, 0.25) is 0 Å². The van der Waals surface area contributed by atoms with Crippen molar-refractivity contribution in [3.8, 4) is 0 Å². The highest BCUT2D eigenvalue weighted by Crippen LogP contribution is 2.29. The molecule has 0 spiro atoms. The van der Waals surface area contributed by atoms with Crippen molar-refractivity contribution in [2.45, 2.75) is 37.8 Å². The smallest absolute Gasteiger partial charge is 0.242 e. The van der Waals surface area contributed by atoms with E-state index in [1.807, 2.05) is 19.2 Å². The summed E-state index contributed by atoms with van der Waals surface area (Å²) >= 11 is 0. The summed E-state index contributed by atoms with van der Waals surface area (Å²) in [5.74, 6) is 0.0619. The molecule has 1 heterocycles.